The molecule has 1 aromatic carbocycles. The number of nitrogens with zero attached hydrogens (tertiary/aromatic N) is 2. The van der Waals surface area contributed by atoms with Crippen molar-refractivity contribution in [2.24, 2.45) is 0 Å². The molecular weight excluding hydrogens is 272 g/mol. The molecule has 0 unspecified atom stereocenters. The first kappa shape index (κ1) is 13.4. The van der Waals surface area contributed by atoms with E-state index in [2.05, 4.69) is 21.6 Å². The van der Waals surface area contributed by atoms with Crippen LogP contribution in [0.15, 0.2) is 41.3 Å². The van der Waals surface area contributed by atoms with Gasteiger partial charge in [-0.3, -0.25) is 9.69 Å². The third-order valence-electron chi connectivity index (χ3n) is 3.74. The number of rotatable bonds is 2. The number of hydrogen-bond acceptors (Lipinski definition) is 2. The maximum absolute atomic E-state index is 11.4. The SMILES string of the molecule is Cc1ccc(CN2CCn3ccc(=O)cc3C2)c(Cl)c1. The Bertz CT molecular complexity index is 693. The van der Waals surface area contributed by atoms with Gasteiger partial charge in [-0.25, -0.2) is 0 Å². The average Bonchev–Trinajstić information content (AvgIpc) is 2.41. The van der Waals surface area contributed by atoms with Crippen LogP contribution in [0.3, 0.4) is 0 Å². The van der Waals surface area contributed by atoms with Crippen LogP contribution in [-0.4, -0.2) is 16.0 Å². The van der Waals surface area contributed by atoms with Crippen molar-refractivity contribution >= 4 is 11.6 Å². The Kier molecular flexibility index (Phi) is 3.64. The predicted octanol–water partition coefficient (Wildman–Crippen LogP) is 2.83. The molecule has 0 N–H and O–H groups in total. The van der Waals surface area contributed by atoms with Crippen molar-refractivity contribution in [3.63, 3.8) is 0 Å². The highest BCUT2D eigenvalue weighted by Gasteiger charge is 2.16. The van der Waals surface area contributed by atoms with Crippen molar-refractivity contribution in [2.75, 3.05) is 6.54 Å². The second-order valence-corrected chi connectivity index (χ2v) is 5.76. The molecule has 0 fully saturated rings. The smallest absolute Gasteiger partial charge is 0.181 e. The van der Waals surface area contributed by atoms with Gasteiger partial charge in [0.25, 0.3) is 0 Å². The lowest BCUT2D eigenvalue weighted by Crippen LogP contribution is -2.34. The molecule has 0 amide bonds. The Hall–Kier alpha value is -1.58. The van der Waals surface area contributed by atoms with E-state index in [-0.39, 0.29) is 5.43 Å². The zero-order chi connectivity index (χ0) is 14.1. The van der Waals surface area contributed by atoms with Gasteiger partial charge in [-0.05, 0) is 24.1 Å². The lowest BCUT2D eigenvalue weighted by Gasteiger charge is -2.30. The van der Waals surface area contributed by atoms with Gasteiger partial charge >= 0.3 is 0 Å². The molecule has 4 heteroatoms. The Balaban J connectivity index is 1.78. The molecule has 1 aliphatic heterocycles. The highest BCUT2D eigenvalue weighted by molar-refractivity contribution is 6.31. The molecule has 3 nitrogen and oxygen atoms in total. The number of pyridine rings is 1. The van der Waals surface area contributed by atoms with E-state index in [0.717, 1.165) is 42.5 Å². The minimum atomic E-state index is 0.0754. The van der Waals surface area contributed by atoms with Crippen molar-refractivity contribution in [3.8, 4) is 0 Å². The van der Waals surface area contributed by atoms with Gasteiger partial charge in [0.1, 0.15) is 0 Å². The molecule has 0 radical (unpaired) electrons. The highest BCUT2D eigenvalue weighted by atomic mass is 35.5. The number of fused-ring (bicyclic) bond motifs is 1. The van der Waals surface area contributed by atoms with Gasteiger partial charge in [0.15, 0.2) is 5.43 Å². The van der Waals surface area contributed by atoms with E-state index >= 15 is 0 Å². The largest absolute Gasteiger partial charge is 0.349 e. The van der Waals surface area contributed by atoms with Crippen molar-refractivity contribution in [1.82, 2.24) is 9.47 Å². The number of hydrogen-bond donors (Lipinski definition) is 0. The Labute approximate surface area is 123 Å². The topological polar surface area (TPSA) is 25.2 Å². The lowest BCUT2D eigenvalue weighted by molar-refractivity contribution is 0.211. The zero-order valence-electron chi connectivity index (χ0n) is 11.5. The van der Waals surface area contributed by atoms with E-state index in [0.29, 0.717) is 0 Å². The average molecular weight is 289 g/mol. The van der Waals surface area contributed by atoms with E-state index < -0.39 is 0 Å². The first-order chi connectivity index (χ1) is 9.61. The molecule has 1 aromatic heterocycles. The first-order valence-electron chi connectivity index (χ1n) is 6.78. The van der Waals surface area contributed by atoms with Gasteiger partial charge in [-0.1, -0.05) is 23.7 Å². The summed E-state index contributed by atoms with van der Waals surface area (Å²) in [6.45, 7) is 5.54. The summed E-state index contributed by atoms with van der Waals surface area (Å²) in [5.41, 5.74) is 3.47. The number of halogens is 1. The van der Waals surface area contributed by atoms with Crippen LogP contribution in [0.5, 0.6) is 0 Å². The van der Waals surface area contributed by atoms with E-state index in [1.165, 1.54) is 5.56 Å². The lowest BCUT2D eigenvalue weighted by atomic mass is 10.1. The monoisotopic (exact) mass is 288 g/mol. The summed E-state index contributed by atoms with van der Waals surface area (Å²) in [7, 11) is 0. The fourth-order valence-corrected chi connectivity index (χ4v) is 2.92. The summed E-state index contributed by atoms with van der Waals surface area (Å²) in [6.07, 6.45) is 1.88. The third-order valence-corrected chi connectivity index (χ3v) is 4.09. The van der Waals surface area contributed by atoms with Crippen LogP contribution >= 0.6 is 11.6 Å². The summed E-state index contributed by atoms with van der Waals surface area (Å²) < 4.78 is 2.15. The summed E-state index contributed by atoms with van der Waals surface area (Å²) in [5.74, 6) is 0. The third kappa shape index (κ3) is 2.79. The molecular formula is C16H17ClN2O. The van der Waals surface area contributed by atoms with Crippen LogP contribution in [0.2, 0.25) is 5.02 Å². The van der Waals surface area contributed by atoms with E-state index in [4.69, 9.17) is 11.6 Å². The zero-order valence-corrected chi connectivity index (χ0v) is 12.2. The van der Waals surface area contributed by atoms with Crippen LogP contribution in [0, 0.1) is 6.92 Å². The molecule has 0 saturated heterocycles. The summed E-state index contributed by atoms with van der Waals surface area (Å²) >= 11 is 6.29. The maximum Gasteiger partial charge on any atom is 0.181 e. The fourth-order valence-electron chi connectivity index (χ4n) is 2.62. The van der Waals surface area contributed by atoms with Gasteiger partial charge < -0.3 is 4.57 Å². The van der Waals surface area contributed by atoms with Crippen molar-refractivity contribution in [1.29, 1.82) is 0 Å². The maximum atomic E-state index is 11.4. The molecule has 0 atom stereocenters. The minimum Gasteiger partial charge on any atom is -0.349 e. The fraction of sp³-hybridized carbons (Fsp3) is 0.312. The number of aryl methyl sites for hydroxylation is 1. The van der Waals surface area contributed by atoms with Crippen LogP contribution < -0.4 is 5.43 Å². The van der Waals surface area contributed by atoms with Gasteiger partial charge in [-0.2, -0.15) is 0 Å². The Morgan fingerprint density at radius 3 is 2.85 bits per heavy atom. The molecule has 0 spiro atoms. The second-order valence-electron chi connectivity index (χ2n) is 5.35. The van der Waals surface area contributed by atoms with Gasteiger partial charge in [0.05, 0.1) is 0 Å². The van der Waals surface area contributed by atoms with E-state index in [1.54, 1.807) is 12.1 Å². The summed E-state index contributed by atoms with van der Waals surface area (Å²) in [4.78, 5) is 13.8. The van der Waals surface area contributed by atoms with Crippen molar-refractivity contribution in [3.05, 3.63) is 68.6 Å². The van der Waals surface area contributed by atoms with Crippen LogP contribution in [0.25, 0.3) is 0 Å². The molecule has 20 heavy (non-hydrogen) atoms. The predicted molar refractivity (Wildman–Crippen MR) is 81.0 cm³/mol. The van der Waals surface area contributed by atoms with Crippen LogP contribution in [-0.2, 0) is 19.6 Å². The highest BCUT2D eigenvalue weighted by Crippen LogP contribution is 2.21. The van der Waals surface area contributed by atoms with Crippen molar-refractivity contribution < 1.29 is 0 Å². The first-order valence-corrected chi connectivity index (χ1v) is 7.16. The molecule has 0 bridgehead atoms. The quantitative estimate of drug-likeness (QED) is 0.849. The Morgan fingerprint density at radius 2 is 2.05 bits per heavy atom. The number of benzene rings is 1. The van der Waals surface area contributed by atoms with Gasteiger partial charge in [-0.15, -0.1) is 0 Å². The molecule has 1 aliphatic rings. The Morgan fingerprint density at radius 1 is 1.20 bits per heavy atom. The van der Waals surface area contributed by atoms with Crippen LogP contribution in [0.1, 0.15) is 16.8 Å². The van der Waals surface area contributed by atoms with E-state index in [9.17, 15) is 4.79 Å². The molecule has 0 saturated carbocycles. The minimum absolute atomic E-state index is 0.0754. The van der Waals surface area contributed by atoms with Gasteiger partial charge in [0, 0.05) is 55.2 Å². The summed E-state index contributed by atoms with van der Waals surface area (Å²) in [5, 5.41) is 0.820. The second kappa shape index (κ2) is 5.43. The molecule has 2 heterocycles. The van der Waals surface area contributed by atoms with Gasteiger partial charge in [0.2, 0.25) is 0 Å². The normalized spacial score (nSPS) is 15.1. The number of aromatic nitrogens is 1. The standard InChI is InChI=1S/C16H17ClN2O/c1-12-2-3-13(16(17)8-12)10-18-6-7-19-5-4-15(20)9-14(19)11-18/h2-5,8-9H,6-7,10-11H2,1H3. The van der Waals surface area contributed by atoms with Crippen LogP contribution in [0.4, 0.5) is 0 Å². The van der Waals surface area contributed by atoms with E-state index in [1.807, 2.05) is 19.2 Å². The molecule has 3 rings (SSSR count). The molecule has 2 aromatic rings. The molecule has 104 valence electrons. The van der Waals surface area contributed by atoms with Crippen molar-refractivity contribution in [2.45, 2.75) is 26.6 Å². The molecule has 0 aliphatic carbocycles. The summed E-state index contributed by atoms with van der Waals surface area (Å²) in [6, 6.07) is 9.52.